The van der Waals surface area contributed by atoms with Crippen LogP contribution in [0.2, 0.25) is 0 Å². The maximum atomic E-state index is 11.0. The van der Waals surface area contributed by atoms with Crippen molar-refractivity contribution in [1.82, 2.24) is 0 Å². The number of hydrogen-bond acceptors (Lipinski definition) is 1. The number of benzene rings is 1. The molecule has 0 bridgehead atoms. The molecule has 0 unspecified atom stereocenters. The highest BCUT2D eigenvalue weighted by Gasteiger charge is 2.23. The fourth-order valence-corrected chi connectivity index (χ4v) is 1.84. The number of amides is 2. The van der Waals surface area contributed by atoms with Crippen LogP contribution < -0.4 is 10.6 Å². The summed E-state index contributed by atoms with van der Waals surface area (Å²) in [5, 5.41) is 0. The molecule has 0 spiro atoms. The van der Waals surface area contributed by atoms with E-state index in [1.165, 1.54) is 11.1 Å². The molecule has 0 aromatic heterocycles. The van der Waals surface area contributed by atoms with Gasteiger partial charge in [-0.25, -0.2) is 4.79 Å². The van der Waals surface area contributed by atoms with Crippen molar-refractivity contribution < 1.29 is 4.79 Å². The highest BCUT2D eigenvalue weighted by molar-refractivity contribution is 5.93. The van der Waals surface area contributed by atoms with E-state index < -0.39 is 0 Å². The minimum absolute atomic E-state index is 0.357. The van der Waals surface area contributed by atoms with Crippen molar-refractivity contribution >= 4 is 11.7 Å². The molecule has 2 N–H and O–H groups in total. The third-order valence-corrected chi connectivity index (χ3v) is 2.53. The average Bonchev–Trinajstić information content (AvgIpc) is 2.48. The number of hydrogen-bond donors (Lipinski definition) is 1. The number of carbonyl (C=O) groups is 1. The van der Waals surface area contributed by atoms with Gasteiger partial charge in [0.15, 0.2) is 0 Å². The van der Waals surface area contributed by atoms with E-state index in [2.05, 4.69) is 13.0 Å². The molecule has 1 aliphatic heterocycles. The predicted octanol–water partition coefficient (Wildman–Crippen LogP) is 1.44. The summed E-state index contributed by atoms with van der Waals surface area (Å²) in [6.45, 7) is 2.78. The molecule has 2 rings (SSSR count). The van der Waals surface area contributed by atoms with Gasteiger partial charge in [-0.05, 0) is 30.5 Å². The molecule has 68 valence electrons. The van der Waals surface area contributed by atoms with E-state index in [0.29, 0.717) is 0 Å². The highest BCUT2D eigenvalue weighted by atomic mass is 16.2. The van der Waals surface area contributed by atoms with E-state index >= 15 is 0 Å². The molecule has 1 aromatic rings. The van der Waals surface area contributed by atoms with Crippen LogP contribution in [-0.4, -0.2) is 12.6 Å². The largest absolute Gasteiger partial charge is 0.351 e. The van der Waals surface area contributed by atoms with E-state index in [4.69, 9.17) is 5.73 Å². The van der Waals surface area contributed by atoms with E-state index in [-0.39, 0.29) is 6.03 Å². The number of anilines is 1. The van der Waals surface area contributed by atoms with Crippen LogP contribution in [0.25, 0.3) is 0 Å². The summed E-state index contributed by atoms with van der Waals surface area (Å²) in [7, 11) is 0. The summed E-state index contributed by atoms with van der Waals surface area (Å²) >= 11 is 0. The molecule has 0 saturated heterocycles. The SMILES string of the molecule is Cc1cccc2c1CCN2C(N)=O. The Labute approximate surface area is 77.1 Å². The Balaban J connectivity index is 2.49. The zero-order chi connectivity index (χ0) is 9.42. The third-order valence-electron chi connectivity index (χ3n) is 2.53. The van der Waals surface area contributed by atoms with Gasteiger partial charge in [0, 0.05) is 12.2 Å². The molecule has 2 amide bonds. The molecule has 0 atom stereocenters. The lowest BCUT2D eigenvalue weighted by atomic mass is 10.1. The number of aryl methyl sites for hydroxylation is 1. The molecule has 0 fully saturated rings. The van der Waals surface area contributed by atoms with Crippen LogP contribution in [0.3, 0.4) is 0 Å². The summed E-state index contributed by atoms with van der Waals surface area (Å²) in [5.74, 6) is 0. The fourth-order valence-electron chi connectivity index (χ4n) is 1.84. The summed E-state index contributed by atoms with van der Waals surface area (Å²) in [6.07, 6.45) is 0.922. The lowest BCUT2D eigenvalue weighted by Crippen LogP contribution is -2.33. The van der Waals surface area contributed by atoms with Crippen LogP contribution >= 0.6 is 0 Å². The number of primary amides is 1. The predicted molar refractivity (Wildman–Crippen MR) is 51.8 cm³/mol. The van der Waals surface area contributed by atoms with Crippen molar-refractivity contribution in [3.05, 3.63) is 29.3 Å². The average molecular weight is 176 g/mol. The Kier molecular flexibility index (Phi) is 1.72. The number of rotatable bonds is 0. The molecule has 0 radical (unpaired) electrons. The molecule has 3 heteroatoms. The van der Waals surface area contributed by atoms with E-state index in [0.717, 1.165) is 18.7 Å². The van der Waals surface area contributed by atoms with Crippen LogP contribution in [-0.2, 0) is 6.42 Å². The summed E-state index contributed by atoms with van der Waals surface area (Å²) < 4.78 is 0. The minimum atomic E-state index is -0.357. The quantitative estimate of drug-likeness (QED) is 0.638. The molecule has 13 heavy (non-hydrogen) atoms. The topological polar surface area (TPSA) is 46.3 Å². The van der Waals surface area contributed by atoms with Gasteiger partial charge in [-0.1, -0.05) is 12.1 Å². The number of fused-ring (bicyclic) bond motifs is 1. The third kappa shape index (κ3) is 1.16. The van der Waals surface area contributed by atoms with Crippen LogP contribution in [0.4, 0.5) is 10.5 Å². The summed E-state index contributed by atoms with van der Waals surface area (Å²) in [4.78, 5) is 12.7. The van der Waals surface area contributed by atoms with E-state index in [9.17, 15) is 4.79 Å². The van der Waals surface area contributed by atoms with Gasteiger partial charge in [0.2, 0.25) is 0 Å². The maximum absolute atomic E-state index is 11.0. The van der Waals surface area contributed by atoms with E-state index in [1.807, 2.05) is 12.1 Å². The van der Waals surface area contributed by atoms with Crippen molar-refractivity contribution in [3.63, 3.8) is 0 Å². The number of nitrogens with zero attached hydrogens (tertiary/aromatic N) is 1. The van der Waals surface area contributed by atoms with Gasteiger partial charge in [0.05, 0.1) is 0 Å². The van der Waals surface area contributed by atoms with Gasteiger partial charge in [0.25, 0.3) is 0 Å². The van der Waals surface area contributed by atoms with Crippen molar-refractivity contribution in [2.45, 2.75) is 13.3 Å². The molecule has 3 nitrogen and oxygen atoms in total. The molecule has 1 aromatic carbocycles. The van der Waals surface area contributed by atoms with Crippen molar-refractivity contribution in [1.29, 1.82) is 0 Å². The first-order valence-electron chi connectivity index (χ1n) is 4.35. The Bertz CT molecular complexity index is 360. The van der Waals surface area contributed by atoms with Crippen molar-refractivity contribution in [3.8, 4) is 0 Å². The van der Waals surface area contributed by atoms with Gasteiger partial charge in [-0.15, -0.1) is 0 Å². The second kappa shape index (κ2) is 2.76. The first kappa shape index (κ1) is 8.10. The summed E-state index contributed by atoms with van der Waals surface area (Å²) in [6, 6.07) is 5.60. The van der Waals surface area contributed by atoms with Gasteiger partial charge in [0.1, 0.15) is 0 Å². The molecule has 1 heterocycles. The first-order valence-corrected chi connectivity index (χ1v) is 4.35. The molecule has 0 saturated carbocycles. The monoisotopic (exact) mass is 176 g/mol. The first-order chi connectivity index (χ1) is 6.20. The van der Waals surface area contributed by atoms with Crippen LogP contribution in [0.5, 0.6) is 0 Å². The van der Waals surface area contributed by atoms with Crippen LogP contribution in [0, 0.1) is 6.92 Å². The molecule has 1 aliphatic rings. The lowest BCUT2D eigenvalue weighted by Gasteiger charge is -2.13. The smallest absolute Gasteiger partial charge is 0.319 e. The minimum Gasteiger partial charge on any atom is -0.351 e. The normalized spacial score (nSPS) is 14.4. The van der Waals surface area contributed by atoms with Gasteiger partial charge in [-0.2, -0.15) is 0 Å². The maximum Gasteiger partial charge on any atom is 0.319 e. The highest BCUT2D eigenvalue weighted by Crippen LogP contribution is 2.29. The molecular weight excluding hydrogens is 164 g/mol. The van der Waals surface area contributed by atoms with Crippen molar-refractivity contribution in [2.24, 2.45) is 5.73 Å². The van der Waals surface area contributed by atoms with Gasteiger partial charge in [-0.3, -0.25) is 4.90 Å². The van der Waals surface area contributed by atoms with Gasteiger partial charge >= 0.3 is 6.03 Å². The second-order valence-corrected chi connectivity index (χ2v) is 3.31. The van der Waals surface area contributed by atoms with Gasteiger partial charge < -0.3 is 5.73 Å². The fraction of sp³-hybridized carbons (Fsp3) is 0.300. The van der Waals surface area contributed by atoms with Crippen LogP contribution in [0.1, 0.15) is 11.1 Å². The molecule has 0 aliphatic carbocycles. The number of carbonyl (C=O) groups excluding carboxylic acids is 1. The Morgan fingerprint density at radius 1 is 1.54 bits per heavy atom. The zero-order valence-corrected chi connectivity index (χ0v) is 7.58. The number of nitrogens with two attached hydrogens (primary N) is 1. The standard InChI is InChI=1S/C10H12N2O/c1-7-3-2-4-9-8(7)5-6-12(9)10(11)13/h2-4H,5-6H2,1H3,(H2,11,13). The van der Waals surface area contributed by atoms with E-state index in [1.54, 1.807) is 4.90 Å². The Morgan fingerprint density at radius 2 is 2.31 bits per heavy atom. The number of urea groups is 1. The Hall–Kier alpha value is -1.51. The van der Waals surface area contributed by atoms with Crippen molar-refractivity contribution in [2.75, 3.05) is 11.4 Å². The Morgan fingerprint density at radius 3 is 3.00 bits per heavy atom. The zero-order valence-electron chi connectivity index (χ0n) is 7.58. The lowest BCUT2D eigenvalue weighted by molar-refractivity contribution is 0.254. The second-order valence-electron chi connectivity index (χ2n) is 3.31. The van der Waals surface area contributed by atoms with Crippen LogP contribution in [0.15, 0.2) is 18.2 Å². The molecular formula is C10H12N2O. The summed E-state index contributed by atoms with van der Waals surface area (Å²) in [5.41, 5.74) is 8.72.